The van der Waals surface area contributed by atoms with Gasteiger partial charge >= 0.3 is 6.03 Å². The maximum atomic E-state index is 12.0. The summed E-state index contributed by atoms with van der Waals surface area (Å²) in [4.78, 5) is 16.8. The molecule has 5 nitrogen and oxygen atoms in total. The summed E-state index contributed by atoms with van der Waals surface area (Å²) in [7, 11) is 2.15. The van der Waals surface area contributed by atoms with E-state index in [1.165, 1.54) is 0 Å². The van der Waals surface area contributed by atoms with Crippen LogP contribution in [0.3, 0.4) is 0 Å². The number of urea groups is 1. The number of nitrogens with zero attached hydrogens (tertiary/aromatic N) is 2. The summed E-state index contributed by atoms with van der Waals surface area (Å²) in [5.41, 5.74) is 1.34. The van der Waals surface area contributed by atoms with Crippen molar-refractivity contribution < 1.29 is 4.79 Å². The van der Waals surface area contributed by atoms with Gasteiger partial charge in [0, 0.05) is 43.8 Å². The van der Waals surface area contributed by atoms with Crippen LogP contribution in [0.15, 0.2) is 12.1 Å². The minimum absolute atomic E-state index is 0.246. The number of rotatable bonds is 5. The molecule has 1 aromatic carbocycles. The van der Waals surface area contributed by atoms with Crippen molar-refractivity contribution >= 4 is 34.9 Å². The highest BCUT2D eigenvalue weighted by molar-refractivity contribution is 6.38. The molecule has 1 fully saturated rings. The topological polar surface area (TPSA) is 47.6 Å². The van der Waals surface area contributed by atoms with Crippen molar-refractivity contribution in [3.8, 4) is 0 Å². The van der Waals surface area contributed by atoms with Crippen LogP contribution in [0, 0.1) is 6.92 Å². The summed E-state index contributed by atoms with van der Waals surface area (Å²) in [6.07, 6.45) is 0.921. The second-order valence-electron chi connectivity index (χ2n) is 6.39. The summed E-state index contributed by atoms with van der Waals surface area (Å²) < 4.78 is 0. The lowest BCUT2D eigenvalue weighted by molar-refractivity contribution is 0.115. The maximum absolute atomic E-state index is 12.0. The Labute approximate surface area is 154 Å². The third-order valence-corrected chi connectivity index (χ3v) is 5.47. The largest absolute Gasteiger partial charge is 0.338 e. The van der Waals surface area contributed by atoms with Crippen molar-refractivity contribution in [3.05, 3.63) is 27.7 Å². The number of amides is 2. The molecule has 0 radical (unpaired) electrons. The van der Waals surface area contributed by atoms with Crippen molar-refractivity contribution in [1.82, 2.24) is 15.1 Å². The Morgan fingerprint density at radius 2 is 1.92 bits per heavy atom. The molecule has 1 saturated heterocycles. The fourth-order valence-corrected chi connectivity index (χ4v) is 3.18. The highest BCUT2D eigenvalue weighted by Crippen LogP contribution is 2.30. The number of anilines is 1. The summed E-state index contributed by atoms with van der Waals surface area (Å²) in [5, 5.41) is 6.73. The van der Waals surface area contributed by atoms with Crippen molar-refractivity contribution in [1.29, 1.82) is 0 Å². The molecule has 1 aliphatic heterocycles. The molecule has 1 atom stereocenters. The first-order chi connectivity index (χ1) is 11.4. The van der Waals surface area contributed by atoms with E-state index in [0.29, 0.717) is 28.3 Å². The summed E-state index contributed by atoms with van der Waals surface area (Å²) >= 11 is 12.2. The molecule has 134 valence electrons. The van der Waals surface area contributed by atoms with Crippen molar-refractivity contribution in [2.24, 2.45) is 0 Å². The second kappa shape index (κ2) is 8.90. The summed E-state index contributed by atoms with van der Waals surface area (Å²) in [6.45, 7) is 9.05. The van der Waals surface area contributed by atoms with Gasteiger partial charge in [0.05, 0.1) is 10.7 Å². The van der Waals surface area contributed by atoms with Crippen LogP contribution in [0.2, 0.25) is 10.0 Å². The fraction of sp³-hybridized carbons (Fsp3) is 0.588. The molecule has 1 heterocycles. The van der Waals surface area contributed by atoms with Gasteiger partial charge in [-0.1, -0.05) is 23.2 Å². The van der Waals surface area contributed by atoms with Crippen LogP contribution in [-0.2, 0) is 0 Å². The van der Waals surface area contributed by atoms with E-state index in [0.717, 1.165) is 38.2 Å². The fourth-order valence-electron chi connectivity index (χ4n) is 2.76. The van der Waals surface area contributed by atoms with E-state index in [1.807, 2.05) is 6.92 Å². The first-order valence-electron chi connectivity index (χ1n) is 8.30. The van der Waals surface area contributed by atoms with E-state index in [1.54, 1.807) is 12.1 Å². The summed E-state index contributed by atoms with van der Waals surface area (Å²) in [5.74, 6) is 0. The van der Waals surface area contributed by atoms with Crippen LogP contribution >= 0.6 is 23.2 Å². The van der Waals surface area contributed by atoms with Crippen LogP contribution in [-0.4, -0.2) is 61.6 Å². The molecule has 0 aliphatic carbocycles. The van der Waals surface area contributed by atoms with Gasteiger partial charge in [-0.15, -0.1) is 0 Å². The van der Waals surface area contributed by atoms with Gasteiger partial charge in [0.15, 0.2) is 0 Å². The first-order valence-corrected chi connectivity index (χ1v) is 9.06. The molecule has 1 aromatic rings. The van der Waals surface area contributed by atoms with Gasteiger partial charge in [0.25, 0.3) is 0 Å². The molecule has 2 rings (SSSR count). The van der Waals surface area contributed by atoms with E-state index in [9.17, 15) is 4.79 Å². The number of nitrogens with one attached hydrogen (secondary N) is 2. The maximum Gasteiger partial charge on any atom is 0.319 e. The average molecular weight is 373 g/mol. The number of carbonyl (C=O) groups excluding carboxylic acids is 1. The smallest absolute Gasteiger partial charge is 0.319 e. The van der Waals surface area contributed by atoms with Crippen LogP contribution in [0.1, 0.15) is 18.9 Å². The predicted octanol–water partition coefficient (Wildman–Crippen LogP) is 3.45. The third kappa shape index (κ3) is 5.24. The highest BCUT2D eigenvalue weighted by atomic mass is 35.5. The lowest BCUT2D eigenvalue weighted by Crippen LogP contribution is -2.48. The van der Waals surface area contributed by atoms with E-state index < -0.39 is 0 Å². The van der Waals surface area contributed by atoms with Gasteiger partial charge in [-0.05, 0) is 45.0 Å². The number of carbonyl (C=O) groups is 1. The molecular weight excluding hydrogens is 347 g/mol. The lowest BCUT2D eigenvalue weighted by atomic mass is 10.1. The number of halogens is 2. The quantitative estimate of drug-likeness (QED) is 0.831. The van der Waals surface area contributed by atoms with Crippen LogP contribution in [0.4, 0.5) is 10.5 Å². The zero-order chi connectivity index (χ0) is 17.7. The minimum atomic E-state index is -0.246. The standard InChI is InChI=1S/C17H26Cl2N4O/c1-12(23-10-8-22(3)9-11-23)6-7-20-17(24)21-15-5-4-14(18)13(2)16(15)19/h4-5,12H,6-11H2,1-3H3,(H2,20,21,24)/t12-/m1/s1. The Balaban J connectivity index is 1.74. The monoisotopic (exact) mass is 372 g/mol. The number of hydrogen-bond acceptors (Lipinski definition) is 3. The van der Waals surface area contributed by atoms with E-state index in [4.69, 9.17) is 23.2 Å². The predicted molar refractivity (Wildman–Crippen MR) is 101 cm³/mol. The minimum Gasteiger partial charge on any atom is -0.338 e. The van der Waals surface area contributed by atoms with Gasteiger partial charge in [-0.25, -0.2) is 4.79 Å². The van der Waals surface area contributed by atoms with E-state index >= 15 is 0 Å². The van der Waals surface area contributed by atoms with Crippen molar-refractivity contribution in [2.45, 2.75) is 26.3 Å². The van der Waals surface area contributed by atoms with E-state index in [2.05, 4.69) is 34.4 Å². The number of likely N-dealkylation sites (N-methyl/N-ethyl adjacent to an activating group) is 1. The molecule has 7 heteroatoms. The number of benzene rings is 1. The Morgan fingerprint density at radius 1 is 1.25 bits per heavy atom. The molecule has 0 spiro atoms. The molecular formula is C17H26Cl2N4O. The molecule has 0 aromatic heterocycles. The molecule has 1 aliphatic rings. The van der Waals surface area contributed by atoms with Gasteiger partial charge in [-0.3, -0.25) is 4.90 Å². The molecule has 2 N–H and O–H groups in total. The van der Waals surface area contributed by atoms with Gasteiger partial charge < -0.3 is 15.5 Å². The normalized spacial score (nSPS) is 17.5. The van der Waals surface area contributed by atoms with Crippen LogP contribution in [0.25, 0.3) is 0 Å². The van der Waals surface area contributed by atoms with Gasteiger partial charge in [0.2, 0.25) is 0 Å². The number of hydrogen-bond donors (Lipinski definition) is 2. The van der Waals surface area contributed by atoms with Gasteiger partial charge in [-0.2, -0.15) is 0 Å². The Morgan fingerprint density at radius 3 is 2.58 bits per heavy atom. The van der Waals surface area contributed by atoms with Crippen LogP contribution in [0.5, 0.6) is 0 Å². The van der Waals surface area contributed by atoms with Crippen molar-refractivity contribution in [3.63, 3.8) is 0 Å². The molecule has 0 saturated carbocycles. The number of piperazine rings is 1. The lowest BCUT2D eigenvalue weighted by Gasteiger charge is -2.36. The first kappa shape index (κ1) is 19.3. The molecule has 0 bridgehead atoms. The van der Waals surface area contributed by atoms with Crippen LogP contribution < -0.4 is 10.6 Å². The SMILES string of the molecule is Cc1c(Cl)ccc(NC(=O)NCC[C@@H](C)N2CCN(C)CC2)c1Cl. The summed E-state index contributed by atoms with van der Waals surface area (Å²) in [6, 6.07) is 3.65. The van der Waals surface area contributed by atoms with Gasteiger partial charge in [0.1, 0.15) is 0 Å². The van der Waals surface area contributed by atoms with E-state index in [-0.39, 0.29) is 6.03 Å². The Kier molecular flexibility index (Phi) is 7.16. The highest BCUT2D eigenvalue weighted by Gasteiger charge is 2.19. The Bertz CT molecular complexity index is 574. The average Bonchev–Trinajstić information content (AvgIpc) is 2.56. The zero-order valence-electron chi connectivity index (χ0n) is 14.5. The van der Waals surface area contributed by atoms with Crippen molar-refractivity contribution in [2.75, 3.05) is 45.1 Å². The zero-order valence-corrected chi connectivity index (χ0v) is 16.0. The second-order valence-corrected chi connectivity index (χ2v) is 7.18. The Hall–Kier alpha value is -1.01. The third-order valence-electron chi connectivity index (χ3n) is 4.58. The molecule has 0 unspecified atom stereocenters. The molecule has 2 amide bonds. The molecule has 24 heavy (non-hydrogen) atoms.